The molecule has 178 valence electrons. The van der Waals surface area contributed by atoms with Crippen LogP contribution in [0.3, 0.4) is 0 Å². The smallest absolute Gasteiger partial charge is 0.232 e. The fourth-order valence-electron chi connectivity index (χ4n) is 3.74. The van der Waals surface area contributed by atoms with Gasteiger partial charge in [-0.05, 0) is 36.8 Å². The zero-order valence-electron chi connectivity index (χ0n) is 18.2. The van der Waals surface area contributed by atoms with Crippen LogP contribution in [0.2, 0.25) is 0 Å². The van der Waals surface area contributed by atoms with Gasteiger partial charge in [-0.1, -0.05) is 18.2 Å². The number of aromatic nitrogens is 5. The fourth-order valence-corrected chi connectivity index (χ4v) is 4.83. The highest BCUT2D eigenvalue weighted by atomic mass is 32.2. The summed E-state index contributed by atoms with van der Waals surface area (Å²) < 4.78 is 53.9. The Hall–Kier alpha value is -4.19. The SMILES string of the molecule is Nc1nc(-c2cccc3[nH]ncc23)nc2ccc(-c3cccc(NS(=O)(=O)CCCF)c3F)nc12. The average molecular weight is 496 g/mol. The van der Waals surface area contributed by atoms with Gasteiger partial charge in [0.15, 0.2) is 17.5 Å². The number of aromatic amines is 1. The molecule has 0 amide bonds. The number of alkyl halides is 1. The number of H-pyrrole nitrogens is 1. The van der Waals surface area contributed by atoms with Crippen molar-refractivity contribution in [2.45, 2.75) is 6.42 Å². The van der Waals surface area contributed by atoms with Gasteiger partial charge in [0.25, 0.3) is 0 Å². The summed E-state index contributed by atoms with van der Waals surface area (Å²) >= 11 is 0. The molecule has 35 heavy (non-hydrogen) atoms. The van der Waals surface area contributed by atoms with Crippen LogP contribution in [-0.4, -0.2) is 46.0 Å². The third-order valence-corrected chi connectivity index (χ3v) is 6.74. The van der Waals surface area contributed by atoms with E-state index in [-0.39, 0.29) is 34.7 Å². The number of sulfonamides is 1. The molecule has 3 heterocycles. The van der Waals surface area contributed by atoms with Crippen molar-refractivity contribution >= 4 is 43.5 Å². The zero-order chi connectivity index (χ0) is 24.6. The minimum atomic E-state index is -3.90. The van der Waals surface area contributed by atoms with Crippen LogP contribution in [0.1, 0.15) is 6.42 Å². The molecule has 0 bridgehead atoms. The van der Waals surface area contributed by atoms with Crippen molar-refractivity contribution in [2.24, 2.45) is 0 Å². The van der Waals surface area contributed by atoms with Crippen LogP contribution in [0, 0.1) is 5.82 Å². The number of halogens is 2. The van der Waals surface area contributed by atoms with Crippen molar-refractivity contribution in [1.29, 1.82) is 0 Å². The van der Waals surface area contributed by atoms with Crippen molar-refractivity contribution in [3.63, 3.8) is 0 Å². The van der Waals surface area contributed by atoms with Crippen molar-refractivity contribution in [1.82, 2.24) is 25.1 Å². The van der Waals surface area contributed by atoms with Crippen molar-refractivity contribution in [3.8, 4) is 22.6 Å². The Kier molecular flexibility index (Phi) is 5.73. The summed E-state index contributed by atoms with van der Waals surface area (Å²) in [5, 5.41) is 7.78. The summed E-state index contributed by atoms with van der Waals surface area (Å²) in [7, 11) is -3.90. The summed E-state index contributed by atoms with van der Waals surface area (Å²) in [4.78, 5) is 13.4. The summed E-state index contributed by atoms with van der Waals surface area (Å²) in [5.74, 6) is -0.765. The predicted molar refractivity (Wildman–Crippen MR) is 130 cm³/mol. The molecule has 0 unspecified atom stereocenters. The Bertz CT molecular complexity index is 1670. The topological polar surface area (TPSA) is 140 Å². The largest absolute Gasteiger partial charge is 0.382 e. The van der Waals surface area contributed by atoms with E-state index in [0.717, 1.165) is 16.5 Å². The number of hydrogen-bond donors (Lipinski definition) is 3. The van der Waals surface area contributed by atoms with Crippen LogP contribution in [-0.2, 0) is 10.0 Å². The molecular weight excluding hydrogens is 476 g/mol. The van der Waals surface area contributed by atoms with E-state index in [2.05, 4.69) is 29.9 Å². The highest BCUT2D eigenvalue weighted by Crippen LogP contribution is 2.31. The quantitative estimate of drug-likeness (QED) is 0.309. The van der Waals surface area contributed by atoms with E-state index in [4.69, 9.17) is 5.73 Å². The number of fused-ring (bicyclic) bond motifs is 2. The maximum Gasteiger partial charge on any atom is 0.232 e. The van der Waals surface area contributed by atoms with Gasteiger partial charge < -0.3 is 5.73 Å². The Labute approximate surface area is 198 Å². The molecule has 9 nitrogen and oxygen atoms in total. The number of anilines is 2. The summed E-state index contributed by atoms with van der Waals surface area (Å²) in [6.07, 6.45) is 1.50. The molecule has 0 aliphatic rings. The maximum atomic E-state index is 15.2. The van der Waals surface area contributed by atoms with Gasteiger partial charge in [0.2, 0.25) is 10.0 Å². The van der Waals surface area contributed by atoms with E-state index in [0.29, 0.717) is 11.3 Å². The second kappa shape index (κ2) is 8.87. The first-order chi connectivity index (χ1) is 16.9. The molecule has 0 atom stereocenters. The number of nitrogen functional groups attached to an aromatic ring is 1. The van der Waals surface area contributed by atoms with Crippen molar-refractivity contribution in [3.05, 3.63) is 60.5 Å². The number of nitrogens with one attached hydrogen (secondary N) is 2. The van der Waals surface area contributed by atoms with Gasteiger partial charge in [0, 0.05) is 16.5 Å². The zero-order valence-corrected chi connectivity index (χ0v) is 19.0. The first-order valence-corrected chi connectivity index (χ1v) is 12.2. The van der Waals surface area contributed by atoms with Gasteiger partial charge in [-0.25, -0.2) is 27.8 Å². The van der Waals surface area contributed by atoms with E-state index in [1.54, 1.807) is 18.3 Å². The molecule has 0 fully saturated rings. The first kappa shape index (κ1) is 22.6. The standard InChI is InChI=1S/C23H19F2N7O2S/c24-10-3-11-35(33,34)32-18-7-2-5-14(20(18)25)16-8-9-19-21(28-16)22(26)30-23(29-19)13-4-1-6-17-15(13)12-27-31-17/h1-2,4-9,12,32H,3,10-11H2,(H,27,31)(H2,26,29,30). The second-order valence-electron chi connectivity index (χ2n) is 7.76. The summed E-state index contributed by atoms with van der Waals surface area (Å²) in [6.45, 7) is -0.785. The molecular formula is C23H19F2N7O2S. The molecule has 0 aliphatic heterocycles. The van der Waals surface area contributed by atoms with Gasteiger partial charge in [-0.3, -0.25) is 14.2 Å². The lowest BCUT2D eigenvalue weighted by Crippen LogP contribution is -2.18. The molecule has 0 saturated carbocycles. The molecule has 0 spiro atoms. The van der Waals surface area contributed by atoms with Crippen LogP contribution >= 0.6 is 0 Å². The molecule has 0 saturated heterocycles. The number of nitrogens with zero attached hydrogens (tertiary/aromatic N) is 4. The second-order valence-corrected chi connectivity index (χ2v) is 9.61. The highest BCUT2D eigenvalue weighted by molar-refractivity contribution is 7.92. The molecule has 3 aromatic heterocycles. The molecule has 0 aliphatic carbocycles. The number of pyridine rings is 1. The lowest BCUT2D eigenvalue weighted by molar-refractivity contribution is 0.484. The first-order valence-electron chi connectivity index (χ1n) is 10.6. The van der Waals surface area contributed by atoms with Crippen LogP contribution in [0.4, 0.5) is 20.3 Å². The number of nitrogens with two attached hydrogens (primary N) is 1. The number of benzene rings is 2. The van der Waals surface area contributed by atoms with Crippen molar-refractivity contribution in [2.75, 3.05) is 22.9 Å². The third kappa shape index (κ3) is 4.35. The maximum absolute atomic E-state index is 15.2. The van der Waals surface area contributed by atoms with E-state index < -0.39 is 28.3 Å². The Morgan fingerprint density at radius 1 is 1.00 bits per heavy atom. The molecule has 5 aromatic rings. The van der Waals surface area contributed by atoms with Crippen LogP contribution in [0.25, 0.3) is 44.6 Å². The van der Waals surface area contributed by atoms with Gasteiger partial charge in [0.05, 0.1) is 41.0 Å². The monoisotopic (exact) mass is 495 g/mol. The highest BCUT2D eigenvalue weighted by Gasteiger charge is 2.18. The van der Waals surface area contributed by atoms with Crippen LogP contribution in [0.15, 0.2) is 54.7 Å². The van der Waals surface area contributed by atoms with Crippen LogP contribution < -0.4 is 10.5 Å². The van der Waals surface area contributed by atoms with Gasteiger partial charge in [-0.2, -0.15) is 5.10 Å². The Morgan fingerprint density at radius 2 is 1.80 bits per heavy atom. The van der Waals surface area contributed by atoms with E-state index in [9.17, 15) is 12.8 Å². The molecule has 2 aromatic carbocycles. The predicted octanol–water partition coefficient (Wildman–Crippen LogP) is 4.06. The van der Waals surface area contributed by atoms with Crippen LogP contribution in [0.5, 0.6) is 0 Å². The van der Waals surface area contributed by atoms with Gasteiger partial charge >= 0.3 is 0 Å². The molecule has 4 N–H and O–H groups in total. The number of rotatable bonds is 7. The Balaban J connectivity index is 1.54. The van der Waals surface area contributed by atoms with E-state index in [1.807, 2.05) is 18.2 Å². The van der Waals surface area contributed by atoms with E-state index >= 15 is 4.39 Å². The average Bonchev–Trinajstić information content (AvgIpc) is 3.33. The summed E-state index contributed by atoms with van der Waals surface area (Å²) in [6, 6.07) is 13.0. The lowest BCUT2D eigenvalue weighted by atomic mass is 10.1. The van der Waals surface area contributed by atoms with Gasteiger partial charge in [-0.15, -0.1) is 0 Å². The number of hydrogen-bond acceptors (Lipinski definition) is 7. The van der Waals surface area contributed by atoms with Gasteiger partial charge in [0.1, 0.15) is 5.52 Å². The molecule has 0 radical (unpaired) electrons. The molecule has 5 rings (SSSR count). The molecule has 12 heteroatoms. The fraction of sp³-hybridized carbons (Fsp3) is 0.130. The van der Waals surface area contributed by atoms with E-state index in [1.165, 1.54) is 18.2 Å². The minimum Gasteiger partial charge on any atom is -0.382 e. The minimum absolute atomic E-state index is 0.0595. The Morgan fingerprint density at radius 3 is 2.63 bits per heavy atom. The summed E-state index contributed by atoms with van der Waals surface area (Å²) in [5.41, 5.74) is 8.54. The van der Waals surface area contributed by atoms with Crippen molar-refractivity contribution < 1.29 is 17.2 Å². The normalized spacial score (nSPS) is 11.8. The third-order valence-electron chi connectivity index (χ3n) is 5.38. The lowest BCUT2D eigenvalue weighted by Gasteiger charge is -2.12.